The predicted molar refractivity (Wildman–Crippen MR) is 69.1 cm³/mol. The Morgan fingerprint density at radius 3 is 2.06 bits per heavy atom. The van der Waals surface area contributed by atoms with E-state index in [4.69, 9.17) is 0 Å². The summed E-state index contributed by atoms with van der Waals surface area (Å²) in [5.41, 5.74) is 4.66. The van der Waals surface area contributed by atoms with Crippen molar-refractivity contribution in [1.82, 2.24) is 0 Å². The summed E-state index contributed by atoms with van der Waals surface area (Å²) >= 11 is 0. The van der Waals surface area contributed by atoms with E-state index in [1.54, 1.807) is 0 Å². The van der Waals surface area contributed by atoms with Gasteiger partial charge in [-0.05, 0) is 30.2 Å². The second kappa shape index (κ2) is 3.60. The summed E-state index contributed by atoms with van der Waals surface area (Å²) in [6.45, 7) is 3.62. The highest BCUT2D eigenvalue weighted by molar-refractivity contribution is 7.92. The first kappa shape index (κ1) is 10.8. The lowest BCUT2D eigenvalue weighted by atomic mass is 10.2. The summed E-state index contributed by atoms with van der Waals surface area (Å²) in [4.78, 5) is 2.25. The molecule has 0 radical (unpaired) electrons. The zero-order chi connectivity index (χ0) is 12.0. The first-order valence-electron chi connectivity index (χ1n) is 5.75. The zero-order valence-corrected chi connectivity index (χ0v) is 10.6. The van der Waals surface area contributed by atoms with E-state index in [9.17, 15) is 8.42 Å². The molecule has 1 aromatic carbocycles. The minimum absolute atomic E-state index is 0.269. The Morgan fingerprint density at radius 2 is 1.53 bits per heavy atom. The van der Waals surface area contributed by atoms with E-state index < -0.39 is 9.84 Å². The largest absolute Gasteiger partial charge is 0.363 e. The lowest BCUT2D eigenvalue weighted by Gasteiger charge is -2.20. The number of rotatable bonds is 1. The average Bonchev–Trinajstić information content (AvgIpc) is 2.72. The third-order valence-corrected chi connectivity index (χ3v) is 5.03. The van der Waals surface area contributed by atoms with Crippen molar-refractivity contribution in [2.75, 3.05) is 29.5 Å². The van der Waals surface area contributed by atoms with Gasteiger partial charge in [0.25, 0.3) is 0 Å². The van der Waals surface area contributed by atoms with Crippen molar-refractivity contribution in [1.29, 1.82) is 0 Å². The number of benzene rings is 1. The van der Waals surface area contributed by atoms with Gasteiger partial charge in [0.05, 0.1) is 11.5 Å². The van der Waals surface area contributed by atoms with Crippen LogP contribution in [0.4, 0.5) is 5.69 Å². The van der Waals surface area contributed by atoms with Crippen molar-refractivity contribution in [3.05, 3.63) is 41.0 Å². The molecule has 0 saturated carbocycles. The van der Waals surface area contributed by atoms with Crippen LogP contribution in [0, 0.1) is 6.92 Å². The summed E-state index contributed by atoms with van der Waals surface area (Å²) in [5, 5.41) is 0. The highest BCUT2D eigenvalue weighted by Crippen LogP contribution is 2.30. The molecule has 3 rings (SSSR count). The van der Waals surface area contributed by atoms with Crippen LogP contribution in [0.5, 0.6) is 0 Å². The lowest BCUT2D eigenvalue weighted by molar-refractivity contribution is 0.602. The van der Waals surface area contributed by atoms with Crippen LogP contribution < -0.4 is 4.90 Å². The van der Waals surface area contributed by atoms with Crippen molar-refractivity contribution < 1.29 is 8.42 Å². The third kappa shape index (κ3) is 1.97. The monoisotopic (exact) mass is 249 g/mol. The summed E-state index contributed by atoms with van der Waals surface area (Å²) in [6.07, 6.45) is 0. The molecular formula is C13H15NO2S. The zero-order valence-electron chi connectivity index (χ0n) is 9.81. The molecule has 4 heteroatoms. The van der Waals surface area contributed by atoms with Crippen LogP contribution in [0.1, 0.15) is 5.56 Å². The van der Waals surface area contributed by atoms with Gasteiger partial charge in [0.2, 0.25) is 0 Å². The minimum atomic E-state index is -2.82. The van der Waals surface area contributed by atoms with Gasteiger partial charge in [-0.25, -0.2) is 8.42 Å². The Hall–Kier alpha value is -1.29. The van der Waals surface area contributed by atoms with Gasteiger partial charge in [0, 0.05) is 18.8 Å². The van der Waals surface area contributed by atoms with E-state index in [0.717, 1.165) is 24.2 Å². The molecule has 0 aliphatic carbocycles. The fraction of sp³-hybridized carbons (Fsp3) is 0.385. The highest BCUT2D eigenvalue weighted by atomic mass is 32.2. The molecule has 17 heavy (non-hydrogen) atoms. The second-order valence-corrected chi connectivity index (χ2v) is 7.00. The maximum Gasteiger partial charge on any atom is 0.158 e. The maximum absolute atomic E-state index is 11.5. The van der Waals surface area contributed by atoms with Crippen LogP contribution in [0.25, 0.3) is 0 Å². The van der Waals surface area contributed by atoms with Gasteiger partial charge in [-0.3, -0.25) is 0 Å². The van der Waals surface area contributed by atoms with Crippen molar-refractivity contribution in [3.63, 3.8) is 0 Å². The third-order valence-electron chi connectivity index (χ3n) is 3.45. The van der Waals surface area contributed by atoms with Gasteiger partial charge in [-0.1, -0.05) is 17.7 Å². The minimum Gasteiger partial charge on any atom is -0.363 e. The van der Waals surface area contributed by atoms with Gasteiger partial charge >= 0.3 is 0 Å². The van der Waals surface area contributed by atoms with Crippen molar-refractivity contribution in [2.24, 2.45) is 0 Å². The number of hydrogen-bond acceptors (Lipinski definition) is 3. The molecule has 0 atom stereocenters. The Kier molecular flexibility index (Phi) is 2.30. The van der Waals surface area contributed by atoms with Crippen LogP contribution in [0.3, 0.4) is 0 Å². The number of hydrogen-bond donors (Lipinski definition) is 0. The van der Waals surface area contributed by atoms with Gasteiger partial charge in [0.1, 0.15) is 0 Å². The normalized spacial score (nSPS) is 22.1. The first-order chi connectivity index (χ1) is 8.03. The van der Waals surface area contributed by atoms with Gasteiger partial charge in [-0.2, -0.15) is 0 Å². The molecule has 0 N–H and O–H groups in total. The summed E-state index contributed by atoms with van der Waals surface area (Å²) in [7, 11) is -2.82. The van der Waals surface area contributed by atoms with Crippen LogP contribution in [-0.2, 0) is 9.84 Å². The molecule has 1 aromatic rings. The summed E-state index contributed by atoms with van der Waals surface area (Å²) in [6, 6.07) is 8.39. The molecular weight excluding hydrogens is 234 g/mol. The lowest BCUT2D eigenvalue weighted by Crippen LogP contribution is -2.24. The smallest absolute Gasteiger partial charge is 0.158 e. The SMILES string of the molecule is Cc1ccc(N2CC3=C(C2)CS(=O)(=O)C3)cc1. The van der Waals surface area contributed by atoms with E-state index in [2.05, 4.69) is 36.1 Å². The standard InChI is InChI=1S/C13H15NO2S/c1-10-2-4-13(5-3-10)14-6-11-8-17(15,16)9-12(11)7-14/h2-5H,6-9H2,1H3. The Labute approximate surface area is 102 Å². The molecule has 90 valence electrons. The summed E-state index contributed by atoms with van der Waals surface area (Å²) < 4.78 is 22.9. The van der Waals surface area contributed by atoms with Gasteiger partial charge in [-0.15, -0.1) is 0 Å². The fourth-order valence-electron chi connectivity index (χ4n) is 2.56. The van der Waals surface area contributed by atoms with Crippen LogP contribution in [0.15, 0.2) is 35.4 Å². The summed E-state index contributed by atoms with van der Waals surface area (Å²) in [5.74, 6) is 0.537. The molecule has 0 amide bonds. The maximum atomic E-state index is 11.5. The predicted octanol–water partition coefficient (Wildman–Crippen LogP) is 1.54. The molecule has 2 aliphatic rings. The topological polar surface area (TPSA) is 37.4 Å². The van der Waals surface area contributed by atoms with E-state index >= 15 is 0 Å². The Morgan fingerprint density at radius 1 is 1.00 bits per heavy atom. The second-order valence-electron chi connectivity index (χ2n) is 4.93. The van der Waals surface area contributed by atoms with Gasteiger partial charge < -0.3 is 4.90 Å². The quantitative estimate of drug-likeness (QED) is 0.709. The molecule has 0 fully saturated rings. The van der Waals surface area contributed by atoms with Crippen LogP contribution in [0.2, 0.25) is 0 Å². The Bertz CT molecular complexity index is 560. The number of nitrogens with zero attached hydrogens (tertiary/aromatic N) is 1. The molecule has 0 spiro atoms. The molecule has 0 bridgehead atoms. The highest BCUT2D eigenvalue weighted by Gasteiger charge is 2.33. The van der Waals surface area contributed by atoms with Crippen LogP contribution >= 0.6 is 0 Å². The average molecular weight is 249 g/mol. The molecule has 2 aliphatic heterocycles. The van der Waals surface area contributed by atoms with Crippen molar-refractivity contribution in [3.8, 4) is 0 Å². The molecule has 0 aromatic heterocycles. The number of sulfone groups is 1. The van der Waals surface area contributed by atoms with E-state index in [0.29, 0.717) is 0 Å². The molecule has 0 saturated heterocycles. The molecule has 0 unspecified atom stereocenters. The van der Waals surface area contributed by atoms with E-state index in [1.807, 2.05) is 0 Å². The molecule has 2 heterocycles. The van der Waals surface area contributed by atoms with Gasteiger partial charge in [0.15, 0.2) is 9.84 Å². The van der Waals surface area contributed by atoms with E-state index in [1.165, 1.54) is 11.3 Å². The van der Waals surface area contributed by atoms with E-state index in [-0.39, 0.29) is 11.5 Å². The fourth-order valence-corrected chi connectivity index (χ4v) is 4.31. The van der Waals surface area contributed by atoms with Crippen molar-refractivity contribution >= 4 is 15.5 Å². The molecule has 3 nitrogen and oxygen atoms in total. The number of aryl methyl sites for hydroxylation is 1. The van der Waals surface area contributed by atoms with Crippen LogP contribution in [-0.4, -0.2) is 33.0 Å². The number of anilines is 1. The first-order valence-corrected chi connectivity index (χ1v) is 7.57. The Balaban J connectivity index is 1.78. The van der Waals surface area contributed by atoms with Crippen molar-refractivity contribution in [2.45, 2.75) is 6.92 Å².